The largest absolute Gasteiger partial charge is 0.256 e. The van der Waals surface area contributed by atoms with Crippen molar-refractivity contribution in [3.05, 3.63) is 41.6 Å². The SMILES string of the molecule is Cc1cccc2c(C)cnc-2c1. The lowest BCUT2D eigenvalue weighted by Gasteiger charge is -1.90. The van der Waals surface area contributed by atoms with Gasteiger partial charge in [0.1, 0.15) is 0 Å². The van der Waals surface area contributed by atoms with Crippen molar-refractivity contribution in [2.75, 3.05) is 0 Å². The van der Waals surface area contributed by atoms with Crippen LogP contribution in [0.3, 0.4) is 0 Å². The highest BCUT2D eigenvalue weighted by Gasteiger charge is 2.04. The van der Waals surface area contributed by atoms with Crippen LogP contribution in [0.25, 0.3) is 11.3 Å². The average molecular weight is 157 g/mol. The third-order valence-electron chi connectivity index (χ3n) is 2.08. The second-order valence-electron chi connectivity index (χ2n) is 3.15. The number of rotatable bonds is 0. The van der Waals surface area contributed by atoms with E-state index in [-0.39, 0.29) is 0 Å². The van der Waals surface area contributed by atoms with Gasteiger partial charge in [-0.2, -0.15) is 0 Å². The van der Waals surface area contributed by atoms with Crippen LogP contribution in [-0.4, -0.2) is 4.98 Å². The van der Waals surface area contributed by atoms with Gasteiger partial charge >= 0.3 is 0 Å². The van der Waals surface area contributed by atoms with Crippen LogP contribution in [0.5, 0.6) is 0 Å². The monoisotopic (exact) mass is 157 g/mol. The van der Waals surface area contributed by atoms with Gasteiger partial charge in [0, 0.05) is 11.8 Å². The first-order valence-corrected chi connectivity index (χ1v) is 4.09. The maximum Gasteiger partial charge on any atom is 0.0707 e. The molecule has 0 radical (unpaired) electrons. The Hall–Kier alpha value is -1.37. The number of nitrogens with zero attached hydrogens (tertiary/aromatic N) is 1. The molecular formula is C11H11N. The molecule has 1 heteroatoms. The summed E-state index contributed by atoms with van der Waals surface area (Å²) in [4.78, 5) is 4.32. The van der Waals surface area contributed by atoms with Crippen LogP contribution in [0, 0.1) is 13.8 Å². The van der Waals surface area contributed by atoms with Gasteiger partial charge in [-0.25, -0.2) is 0 Å². The van der Waals surface area contributed by atoms with Crippen molar-refractivity contribution in [2.24, 2.45) is 0 Å². The van der Waals surface area contributed by atoms with Crippen LogP contribution in [-0.2, 0) is 0 Å². The summed E-state index contributed by atoms with van der Waals surface area (Å²) in [6.45, 7) is 4.17. The molecule has 12 heavy (non-hydrogen) atoms. The fraction of sp³-hybridized carbons (Fsp3) is 0.182. The Morgan fingerprint density at radius 2 is 2.00 bits per heavy atom. The average Bonchev–Trinajstić information content (AvgIpc) is 2.31. The second-order valence-corrected chi connectivity index (χ2v) is 3.15. The van der Waals surface area contributed by atoms with E-state index in [1.54, 1.807) is 0 Å². The predicted molar refractivity (Wildman–Crippen MR) is 50.3 cm³/mol. The van der Waals surface area contributed by atoms with Crippen LogP contribution >= 0.6 is 0 Å². The smallest absolute Gasteiger partial charge is 0.0707 e. The molecule has 0 fully saturated rings. The van der Waals surface area contributed by atoms with Gasteiger partial charge in [-0.1, -0.05) is 18.2 Å². The molecule has 0 N–H and O–H groups in total. The molecule has 60 valence electrons. The normalized spacial score (nSPS) is 10.5. The highest BCUT2D eigenvalue weighted by molar-refractivity contribution is 5.65. The Morgan fingerprint density at radius 3 is 2.83 bits per heavy atom. The minimum absolute atomic E-state index is 1.09. The van der Waals surface area contributed by atoms with E-state index in [9.17, 15) is 0 Å². The van der Waals surface area contributed by atoms with E-state index < -0.39 is 0 Å². The zero-order chi connectivity index (χ0) is 8.55. The topological polar surface area (TPSA) is 12.9 Å². The molecule has 1 nitrogen and oxygen atoms in total. The fourth-order valence-electron chi connectivity index (χ4n) is 1.40. The third kappa shape index (κ3) is 1.07. The summed E-state index contributed by atoms with van der Waals surface area (Å²) in [6.07, 6.45) is 1.92. The Morgan fingerprint density at radius 1 is 1.17 bits per heavy atom. The molecule has 2 rings (SSSR count). The molecule has 0 unspecified atom stereocenters. The Kier molecular flexibility index (Phi) is 1.58. The zero-order valence-corrected chi connectivity index (χ0v) is 7.33. The molecule has 0 aromatic heterocycles. The first-order valence-electron chi connectivity index (χ1n) is 4.09. The highest BCUT2D eigenvalue weighted by atomic mass is 14.7. The molecule has 0 aromatic carbocycles. The standard InChI is InChI=1S/C11H11N/c1-8-4-3-5-10-9(2)7-12-11(10)6-8/h3-7H,1-2H3. The lowest BCUT2D eigenvalue weighted by atomic mass is 10.1. The van der Waals surface area contributed by atoms with Gasteiger partial charge in [-0.3, -0.25) is 4.98 Å². The summed E-state index contributed by atoms with van der Waals surface area (Å²) in [5.74, 6) is 0. The lowest BCUT2D eigenvalue weighted by molar-refractivity contribution is 1.38. The molecule has 2 aliphatic rings. The van der Waals surface area contributed by atoms with Gasteiger partial charge < -0.3 is 0 Å². The summed E-state index contributed by atoms with van der Waals surface area (Å²) >= 11 is 0. The molecule has 1 aliphatic heterocycles. The molecule has 0 bridgehead atoms. The summed E-state index contributed by atoms with van der Waals surface area (Å²) in [6, 6.07) is 8.40. The highest BCUT2D eigenvalue weighted by Crippen LogP contribution is 2.23. The number of aryl methyl sites for hydroxylation is 2. The molecule has 1 heterocycles. The number of hydrogen-bond donors (Lipinski definition) is 0. The first kappa shape index (κ1) is 7.29. The minimum Gasteiger partial charge on any atom is -0.256 e. The summed E-state index contributed by atoms with van der Waals surface area (Å²) in [7, 11) is 0. The van der Waals surface area contributed by atoms with Crippen molar-refractivity contribution >= 4 is 0 Å². The van der Waals surface area contributed by atoms with Crippen LogP contribution in [0.1, 0.15) is 11.1 Å². The molecule has 0 amide bonds. The van der Waals surface area contributed by atoms with E-state index in [1.165, 1.54) is 16.7 Å². The number of hydrogen-bond acceptors (Lipinski definition) is 1. The van der Waals surface area contributed by atoms with Crippen molar-refractivity contribution < 1.29 is 0 Å². The Balaban J connectivity index is 2.74. The van der Waals surface area contributed by atoms with Gasteiger partial charge in [0.05, 0.1) is 5.69 Å². The lowest BCUT2D eigenvalue weighted by Crippen LogP contribution is -1.71. The predicted octanol–water partition coefficient (Wildman–Crippen LogP) is 2.80. The maximum absolute atomic E-state index is 4.32. The van der Waals surface area contributed by atoms with E-state index in [4.69, 9.17) is 0 Å². The van der Waals surface area contributed by atoms with Gasteiger partial charge in [0.25, 0.3) is 0 Å². The maximum atomic E-state index is 4.32. The minimum atomic E-state index is 1.09. The van der Waals surface area contributed by atoms with E-state index in [0.29, 0.717) is 0 Å². The third-order valence-corrected chi connectivity index (χ3v) is 2.08. The fourth-order valence-corrected chi connectivity index (χ4v) is 1.40. The quantitative estimate of drug-likeness (QED) is 0.573. The molecular weight excluding hydrogens is 146 g/mol. The van der Waals surface area contributed by atoms with Crippen molar-refractivity contribution in [2.45, 2.75) is 13.8 Å². The van der Waals surface area contributed by atoms with Gasteiger partial charge in [0.15, 0.2) is 0 Å². The van der Waals surface area contributed by atoms with Crippen molar-refractivity contribution in [3.63, 3.8) is 0 Å². The first-order chi connectivity index (χ1) is 5.77. The molecule has 0 saturated carbocycles. The molecule has 0 saturated heterocycles. The number of aromatic nitrogens is 1. The van der Waals surface area contributed by atoms with Gasteiger partial charge in [0.2, 0.25) is 0 Å². The van der Waals surface area contributed by atoms with Crippen LogP contribution in [0.2, 0.25) is 0 Å². The van der Waals surface area contributed by atoms with Gasteiger partial charge in [-0.05, 0) is 31.0 Å². The summed E-state index contributed by atoms with van der Waals surface area (Å²) < 4.78 is 0. The zero-order valence-electron chi connectivity index (χ0n) is 7.33. The van der Waals surface area contributed by atoms with Crippen molar-refractivity contribution in [1.29, 1.82) is 0 Å². The van der Waals surface area contributed by atoms with Crippen LogP contribution < -0.4 is 0 Å². The Bertz CT molecular complexity index is 379. The van der Waals surface area contributed by atoms with Crippen molar-refractivity contribution in [1.82, 2.24) is 4.98 Å². The Labute approximate surface area is 72.4 Å². The summed E-state index contributed by atoms with van der Waals surface area (Å²) in [5.41, 5.74) is 4.85. The molecule has 0 atom stereocenters. The molecule has 0 aromatic rings. The van der Waals surface area contributed by atoms with Gasteiger partial charge in [-0.15, -0.1) is 0 Å². The molecule has 1 aliphatic carbocycles. The van der Waals surface area contributed by atoms with E-state index in [0.717, 1.165) is 5.69 Å². The van der Waals surface area contributed by atoms with Crippen molar-refractivity contribution in [3.8, 4) is 11.3 Å². The van der Waals surface area contributed by atoms with E-state index >= 15 is 0 Å². The number of fused-ring (bicyclic) bond motifs is 1. The van der Waals surface area contributed by atoms with E-state index in [2.05, 4.69) is 43.1 Å². The van der Waals surface area contributed by atoms with E-state index in [1.807, 2.05) is 6.20 Å². The molecule has 0 spiro atoms. The second kappa shape index (κ2) is 2.59. The van der Waals surface area contributed by atoms with Crippen LogP contribution in [0.15, 0.2) is 30.5 Å². The summed E-state index contributed by atoms with van der Waals surface area (Å²) in [5, 5.41) is 0. The van der Waals surface area contributed by atoms with Crippen LogP contribution in [0.4, 0.5) is 0 Å².